The van der Waals surface area contributed by atoms with Crippen LogP contribution in [-0.2, 0) is 6.54 Å². The van der Waals surface area contributed by atoms with Crippen LogP contribution in [0.3, 0.4) is 0 Å². The molecule has 1 atom stereocenters. The minimum absolute atomic E-state index is 0.0992. The van der Waals surface area contributed by atoms with Gasteiger partial charge in [-0.05, 0) is 43.1 Å². The van der Waals surface area contributed by atoms with Crippen molar-refractivity contribution in [1.82, 2.24) is 10.2 Å². The molecule has 2 aromatic rings. The molecule has 1 heterocycles. The van der Waals surface area contributed by atoms with Gasteiger partial charge in [-0.15, -0.1) is 11.3 Å². The Hall–Kier alpha value is -1.85. The molecule has 112 valence electrons. The van der Waals surface area contributed by atoms with E-state index in [1.54, 1.807) is 23.3 Å². The first-order valence-electron chi connectivity index (χ1n) is 6.92. The number of amides is 2. The number of benzene rings is 1. The lowest BCUT2D eigenvalue weighted by molar-refractivity contribution is 0.221. The predicted octanol–water partition coefficient (Wildman–Crippen LogP) is 3.69. The molecule has 0 saturated carbocycles. The number of hydrogen-bond acceptors (Lipinski definition) is 3. The zero-order valence-electron chi connectivity index (χ0n) is 12.6. The summed E-state index contributed by atoms with van der Waals surface area (Å²) in [5.41, 5.74) is 2.01. The first-order valence-corrected chi connectivity index (χ1v) is 7.80. The van der Waals surface area contributed by atoms with E-state index >= 15 is 0 Å². The molecule has 1 aromatic heterocycles. The van der Waals surface area contributed by atoms with Crippen LogP contribution in [0.25, 0.3) is 0 Å². The van der Waals surface area contributed by atoms with Gasteiger partial charge >= 0.3 is 6.03 Å². The molecule has 4 nitrogen and oxygen atoms in total. The number of rotatable bonds is 5. The summed E-state index contributed by atoms with van der Waals surface area (Å²) in [7, 11) is 3.73. The van der Waals surface area contributed by atoms with Crippen molar-refractivity contribution in [2.24, 2.45) is 0 Å². The molecule has 5 heteroatoms. The van der Waals surface area contributed by atoms with Crippen LogP contribution in [0.2, 0.25) is 0 Å². The lowest BCUT2D eigenvalue weighted by Gasteiger charge is -2.17. The average Bonchev–Trinajstić information content (AvgIpc) is 3.00. The van der Waals surface area contributed by atoms with Gasteiger partial charge < -0.3 is 15.5 Å². The highest BCUT2D eigenvalue weighted by atomic mass is 32.1. The number of nitrogens with zero attached hydrogens (tertiary/aromatic N) is 1. The van der Waals surface area contributed by atoms with E-state index in [1.165, 1.54) is 10.4 Å². The van der Waals surface area contributed by atoms with E-state index < -0.39 is 0 Å². The van der Waals surface area contributed by atoms with Crippen molar-refractivity contribution in [2.45, 2.75) is 19.5 Å². The largest absolute Gasteiger partial charge is 0.322 e. The molecule has 21 heavy (non-hydrogen) atoms. The van der Waals surface area contributed by atoms with Crippen LogP contribution in [0.15, 0.2) is 41.8 Å². The number of anilines is 1. The van der Waals surface area contributed by atoms with Crippen molar-refractivity contribution in [3.05, 3.63) is 52.2 Å². The smallest absolute Gasteiger partial charge is 0.321 e. The molecular formula is C16H21N3OS. The zero-order chi connectivity index (χ0) is 15.2. The maximum absolute atomic E-state index is 12.1. The standard InChI is InChI=1S/C16H21N3OS/c1-12(17-2)13-6-8-14(9-7-13)18-16(20)19(3)11-15-5-4-10-21-15/h4-10,12,17H,11H2,1-3H3,(H,18,20). The summed E-state index contributed by atoms with van der Waals surface area (Å²) in [5.74, 6) is 0. The Morgan fingerprint density at radius 1 is 1.29 bits per heavy atom. The first-order chi connectivity index (χ1) is 10.1. The van der Waals surface area contributed by atoms with Crippen LogP contribution in [0, 0.1) is 0 Å². The van der Waals surface area contributed by atoms with Gasteiger partial charge in [-0.3, -0.25) is 0 Å². The average molecular weight is 303 g/mol. The Morgan fingerprint density at radius 3 is 2.57 bits per heavy atom. The van der Waals surface area contributed by atoms with E-state index in [1.807, 2.05) is 48.8 Å². The zero-order valence-corrected chi connectivity index (χ0v) is 13.4. The molecule has 0 bridgehead atoms. The lowest BCUT2D eigenvalue weighted by Crippen LogP contribution is -2.30. The van der Waals surface area contributed by atoms with E-state index in [0.29, 0.717) is 12.6 Å². The fourth-order valence-corrected chi connectivity index (χ4v) is 2.71. The van der Waals surface area contributed by atoms with Crippen LogP contribution in [0.5, 0.6) is 0 Å². The third-order valence-electron chi connectivity index (χ3n) is 3.41. The number of carbonyl (C=O) groups excluding carboxylic acids is 1. The molecule has 0 aliphatic rings. The topological polar surface area (TPSA) is 44.4 Å². The van der Waals surface area contributed by atoms with Gasteiger partial charge in [0, 0.05) is 23.7 Å². The fraction of sp³-hybridized carbons (Fsp3) is 0.312. The van der Waals surface area contributed by atoms with E-state index in [4.69, 9.17) is 0 Å². The fourth-order valence-electron chi connectivity index (χ4n) is 1.95. The van der Waals surface area contributed by atoms with Gasteiger partial charge in [-0.25, -0.2) is 4.79 Å². The van der Waals surface area contributed by atoms with Crippen LogP contribution in [0.4, 0.5) is 10.5 Å². The number of nitrogens with one attached hydrogen (secondary N) is 2. The molecule has 0 radical (unpaired) electrons. The van der Waals surface area contributed by atoms with Crippen LogP contribution >= 0.6 is 11.3 Å². The van der Waals surface area contributed by atoms with Crippen molar-refractivity contribution >= 4 is 23.1 Å². The molecule has 2 amide bonds. The second-order valence-electron chi connectivity index (χ2n) is 5.00. The van der Waals surface area contributed by atoms with E-state index in [-0.39, 0.29) is 6.03 Å². The molecule has 1 aromatic carbocycles. The Labute approximate surface area is 129 Å². The highest BCUT2D eigenvalue weighted by Gasteiger charge is 2.10. The summed E-state index contributed by atoms with van der Waals surface area (Å²) < 4.78 is 0. The SMILES string of the molecule is CNC(C)c1ccc(NC(=O)N(C)Cc2cccs2)cc1. The van der Waals surface area contributed by atoms with Gasteiger partial charge in [0.25, 0.3) is 0 Å². The number of hydrogen-bond donors (Lipinski definition) is 2. The number of thiophene rings is 1. The summed E-state index contributed by atoms with van der Waals surface area (Å²) >= 11 is 1.65. The maximum Gasteiger partial charge on any atom is 0.321 e. The Morgan fingerprint density at radius 2 is 2.00 bits per heavy atom. The summed E-state index contributed by atoms with van der Waals surface area (Å²) in [6, 6.07) is 12.1. The Bertz CT molecular complexity index is 566. The van der Waals surface area contributed by atoms with Gasteiger partial charge in [0.1, 0.15) is 0 Å². The van der Waals surface area contributed by atoms with Gasteiger partial charge in [0.05, 0.1) is 6.54 Å². The number of urea groups is 1. The number of carbonyl (C=O) groups is 1. The molecule has 2 N–H and O–H groups in total. The lowest BCUT2D eigenvalue weighted by atomic mass is 10.1. The minimum Gasteiger partial charge on any atom is -0.322 e. The molecule has 1 unspecified atom stereocenters. The van der Waals surface area contributed by atoms with Gasteiger partial charge in [-0.2, -0.15) is 0 Å². The van der Waals surface area contributed by atoms with Crippen LogP contribution in [0.1, 0.15) is 23.4 Å². The molecule has 2 rings (SSSR count). The molecule has 0 aliphatic carbocycles. The van der Waals surface area contributed by atoms with Crippen LogP contribution in [-0.4, -0.2) is 25.0 Å². The highest BCUT2D eigenvalue weighted by Crippen LogP contribution is 2.16. The molecule has 0 spiro atoms. The summed E-state index contributed by atoms with van der Waals surface area (Å²) in [5, 5.41) is 8.12. The molecule has 0 saturated heterocycles. The Balaban J connectivity index is 1.92. The van der Waals surface area contributed by atoms with Crippen molar-refractivity contribution < 1.29 is 4.79 Å². The van der Waals surface area contributed by atoms with E-state index in [0.717, 1.165) is 5.69 Å². The van der Waals surface area contributed by atoms with E-state index in [9.17, 15) is 4.79 Å². The predicted molar refractivity (Wildman–Crippen MR) is 88.7 cm³/mol. The van der Waals surface area contributed by atoms with Crippen molar-refractivity contribution in [3.8, 4) is 0 Å². The summed E-state index contributed by atoms with van der Waals surface area (Å²) in [4.78, 5) is 15.0. The quantitative estimate of drug-likeness (QED) is 0.884. The normalized spacial score (nSPS) is 12.0. The molecule has 0 fully saturated rings. The first kappa shape index (κ1) is 15.5. The van der Waals surface area contributed by atoms with Crippen molar-refractivity contribution in [1.29, 1.82) is 0 Å². The third-order valence-corrected chi connectivity index (χ3v) is 4.28. The Kier molecular flexibility index (Phi) is 5.36. The van der Waals surface area contributed by atoms with Crippen molar-refractivity contribution in [2.75, 3.05) is 19.4 Å². The van der Waals surface area contributed by atoms with Gasteiger partial charge in [0.2, 0.25) is 0 Å². The monoisotopic (exact) mass is 303 g/mol. The summed E-state index contributed by atoms with van der Waals surface area (Å²) in [6.07, 6.45) is 0. The van der Waals surface area contributed by atoms with Gasteiger partial charge in [0.15, 0.2) is 0 Å². The van der Waals surface area contributed by atoms with Crippen molar-refractivity contribution in [3.63, 3.8) is 0 Å². The second-order valence-corrected chi connectivity index (χ2v) is 6.03. The summed E-state index contributed by atoms with van der Waals surface area (Å²) in [6.45, 7) is 2.72. The molecule has 0 aliphatic heterocycles. The molecular weight excluding hydrogens is 282 g/mol. The highest BCUT2D eigenvalue weighted by molar-refractivity contribution is 7.09. The minimum atomic E-state index is -0.0992. The van der Waals surface area contributed by atoms with Crippen LogP contribution < -0.4 is 10.6 Å². The van der Waals surface area contributed by atoms with E-state index in [2.05, 4.69) is 17.6 Å². The van der Waals surface area contributed by atoms with Gasteiger partial charge in [-0.1, -0.05) is 18.2 Å². The third kappa shape index (κ3) is 4.31. The second kappa shape index (κ2) is 7.24. The maximum atomic E-state index is 12.1.